The SMILES string of the molecule is COC(=O)c1ccc(CC2=CN(Cc3ccccc3)C(=O)CC2)c(-c2cc(C(=O)OC)ccc2Cc2ccc(=O)n(Cc3ccccc3)c2)c1. The molecule has 8 heteroatoms. The van der Waals surface area contributed by atoms with Gasteiger partial charge in [-0.2, -0.15) is 0 Å². The molecule has 4 aromatic carbocycles. The third kappa shape index (κ3) is 7.98. The molecule has 2 heterocycles. The first-order valence-electron chi connectivity index (χ1n) is 16.5. The zero-order chi connectivity index (χ0) is 35.0. The number of ether oxygens (including phenoxy) is 2. The van der Waals surface area contributed by atoms with Crippen molar-refractivity contribution in [2.24, 2.45) is 0 Å². The van der Waals surface area contributed by atoms with Crippen LogP contribution in [-0.4, -0.2) is 41.5 Å². The van der Waals surface area contributed by atoms with Crippen LogP contribution in [0.5, 0.6) is 0 Å². The third-order valence-corrected chi connectivity index (χ3v) is 8.92. The summed E-state index contributed by atoms with van der Waals surface area (Å²) in [6.07, 6.45) is 5.80. The second kappa shape index (κ2) is 15.5. The van der Waals surface area contributed by atoms with E-state index in [2.05, 4.69) is 0 Å². The van der Waals surface area contributed by atoms with Crippen LogP contribution in [0.1, 0.15) is 61.4 Å². The van der Waals surface area contributed by atoms with Crippen LogP contribution in [0.3, 0.4) is 0 Å². The lowest BCUT2D eigenvalue weighted by atomic mass is 9.87. The fourth-order valence-electron chi connectivity index (χ4n) is 6.32. The van der Waals surface area contributed by atoms with E-state index in [1.165, 1.54) is 14.2 Å². The number of hydrogen-bond donors (Lipinski definition) is 0. The molecule has 0 atom stereocenters. The number of benzene rings is 4. The molecule has 0 fully saturated rings. The number of allylic oxidation sites excluding steroid dienone is 1. The predicted molar refractivity (Wildman–Crippen MR) is 192 cm³/mol. The van der Waals surface area contributed by atoms with Crippen molar-refractivity contribution in [2.75, 3.05) is 14.2 Å². The molecule has 1 aromatic heterocycles. The zero-order valence-corrected chi connectivity index (χ0v) is 28.1. The van der Waals surface area contributed by atoms with Gasteiger partial charge in [-0.3, -0.25) is 9.59 Å². The molecule has 252 valence electrons. The standard InChI is InChI=1S/C42H38N2O6/c1-49-41(47)35-17-15-33(21-31-13-19-39(45)43(27-31)25-29-9-5-3-6-10-29)37(23-35)38-24-36(42(48)50-2)18-16-34(38)22-32-14-20-40(46)44(28-32)26-30-11-7-4-8-12-30/h3-13,15-19,23-24,27-28H,14,20-22,25-26H2,1-2H3. The van der Waals surface area contributed by atoms with Crippen molar-refractivity contribution in [3.8, 4) is 11.1 Å². The van der Waals surface area contributed by atoms with Gasteiger partial charge in [0.25, 0.3) is 5.56 Å². The first-order chi connectivity index (χ1) is 24.3. The summed E-state index contributed by atoms with van der Waals surface area (Å²) in [7, 11) is 2.68. The highest BCUT2D eigenvalue weighted by Crippen LogP contribution is 2.34. The Labute approximate surface area is 291 Å². The average Bonchev–Trinajstić information content (AvgIpc) is 3.15. The summed E-state index contributed by atoms with van der Waals surface area (Å²) < 4.78 is 11.8. The first-order valence-corrected chi connectivity index (χ1v) is 16.5. The average molecular weight is 667 g/mol. The minimum absolute atomic E-state index is 0.0699. The van der Waals surface area contributed by atoms with Gasteiger partial charge in [-0.25, -0.2) is 9.59 Å². The van der Waals surface area contributed by atoms with Gasteiger partial charge in [-0.05, 0) is 88.0 Å². The molecule has 0 saturated carbocycles. The summed E-state index contributed by atoms with van der Waals surface area (Å²) in [5.74, 6) is -0.890. The van der Waals surface area contributed by atoms with E-state index in [0.717, 1.165) is 44.5 Å². The van der Waals surface area contributed by atoms with Crippen LogP contribution < -0.4 is 5.56 Å². The van der Waals surface area contributed by atoms with Crippen molar-refractivity contribution in [1.29, 1.82) is 0 Å². The second-order valence-electron chi connectivity index (χ2n) is 12.4. The molecule has 0 spiro atoms. The van der Waals surface area contributed by atoms with E-state index < -0.39 is 11.9 Å². The number of nitrogens with zero attached hydrogens (tertiary/aromatic N) is 2. The molecular weight excluding hydrogens is 628 g/mol. The van der Waals surface area contributed by atoms with Gasteiger partial charge in [0.1, 0.15) is 0 Å². The Morgan fingerprint density at radius 3 is 1.76 bits per heavy atom. The molecule has 0 aliphatic carbocycles. The molecule has 6 rings (SSSR count). The topological polar surface area (TPSA) is 94.9 Å². The van der Waals surface area contributed by atoms with Crippen molar-refractivity contribution in [2.45, 2.75) is 38.8 Å². The van der Waals surface area contributed by atoms with Crippen molar-refractivity contribution < 1.29 is 23.9 Å². The summed E-state index contributed by atoms with van der Waals surface area (Å²) in [4.78, 5) is 53.0. The molecule has 1 aliphatic heterocycles. The number of carbonyl (C=O) groups is 3. The molecule has 8 nitrogen and oxygen atoms in total. The van der Waals surface area contributed by atoms with Gasteiger partial charge in [0, 0.05) is 24.9 Å². The van der Waals surface area contributed by atoms with Gasteiger partial charge < -0.3 is 18.9 Å². The first kappa shape index (κ1) is 33.9. The van der Waals surface area contributed by atoms with Crippen molar-refractivity contribution >= 4 is 17.8 Å². The Morgan fingerprint density at radius 2 is 1.18 bits per heavy atom. The van der Waals surface area contributed by atoms with Gasteiger partial charge in [0.15, 0.2) is 0 Å². The molecule has 1 amide bonds. The van der Waals surface area contributed by atoms with E-state index in [4.69, 9.17) is 9.47 Å². The molecule has 1 aliphatic rings. The summed E-state index contributed by atoms with van der Waals surface area (Å²) >= 11 is 0. The maximum absolute atomic E-state index is 12.9. The number of aromatic nitrogens is 1. The number of carbonyl (C=O) groups excluding carboxylic acids is 3. The lowest BCUT2D eigenvalue weighted by Crippen LogP contribution is -2.29. The third-order valence-electron chi connectivity index (χ3n) is 8.92. The minimum atomic E-state index is -0.482. The highest BCUT2D eigenvalue weighted by Gasteiger charge is 2.22. The van der Waals surface area contributed by atoms with Crippen LogP contribution in [0.2, 0.25) is 0 Å². The summed E-state index contributed by atoms with van der Waals surface area (Å²) in [6.45, 7) is 0.918. The van der Waals surface area contributed by atoms with E-state index in [0.29, 0.717) is 49.9 Å². The Hall–Kier alpha value is -6.02. The predicted octanol–water partition coefficient (Wildman–Crippen LogP) is 6.98. The van der Waals surface area contributed by atoms with Gasteiger partial charge in [-0.15, -0.1) is 0 Å². The van der Waals surface area contributed by atoms with Gasteiger partial charge >= 0.3 is 11.9 Å². The Morgan fingerprint density at radius 1 is 0.620 bits per heavy atom. The molecule has 0 radical (unpaired) electrons. The number of rotatable bonds is 11. The van der Waals surface area contributed by atoms with Crippen molar-refractivity contribution in [3.63, 3.8) is 0 Å². The van der Waals surface area contributed by atoms with Crippen LogP contribution in [0, 0.1) is 0 Å². The van der Waals surface area contributed by atoms with Gasteiger partial charge in [0.2, 0.25) is 5.91 Å². The fraction of sp³-hybridized carbons (Fsp3) is 0.190. The smallest absolute Gasteiger partial charge is 0.337 e. The molecular formula is C42H38N2O6. The number of pyridine rings is 1. The van der Waals surface area contributed by atoms with Crippen LogP contribution in [0.25, 0.3) is 11.1 Å². The fourth-order valence-corrected chi connectivity index (χ4v) is 6.32. The largest absolute Gasteiger partial charge is 0.465 e. The molecule has 50 heavy (non-hydrogen) atoms. The summed E-state index contributed by atoms with van der Waals surface area (Å²) in [5.41, 5.74) is 8.01. The minimum Gasteiger partial charge on any atom is -0.465 e. The van der Waals surface area contributed by atoms with E-state index in [-0.39, 0.29) is 11.5 Å². The van der Waals surface area contributed by atoms with Gasteiger partial charge in [-0.1, -0.05) is 78.9 Å². The van der Waals surface area contributed by atoms with Gasteiger partial charge in [0.05, 0.1) is 38.4 Å². The van der Waals surface area contributed by atoms with Crippen molar-refractivity contribution in [3.05, 3.63) is 176 Å². The highest BCUT2D eigenvalue weighted by molar-refractivity contribution is 5.94. The highest BCUT2D eigenvalue weighted by atomic mass is 16.5. The number of hydrogen-bond acceptors (Lipinski definition) is 6. The molecule has 0 unspecified atom stereocenters. The van der Waals surface area contributed by atoms with Crippen LogP contribution in [0.4, 0.5) is 0 Å². The van der Waals surface area contributed by atoms with E-state index in [1.54, 1.807) is 39.8 Å². The Bertz CT molecular complexity index is 2120. The lowest BCUT2D eigenvalue weighted by molar-refractivity contribution is -0.129. The van der Waals surface area contributed by atoms with E-state index >= 15 is 0 Å². The normalized spacial score (nSPS) is 12.7. The second-order valence-corrected chi connectivity index (χ2v) is 12.4. The lowest BCUT2D eigenvalue weighted by Gasteiger charge is -2.26. The zero-order valence-electron chi connectivity index (χ0n) is 28.1. The van der Waals surface area contributed by atoms with Crippen LogP contribution in [-0.2, 0) is 40.2 Å². The monoisotopic (exact) mass is 666 g/mol. The Kier molecular flexibility index (Phi) is 10.5. The molecule has 0 bridgehead atoms. The van der Waals surface area contributed by atoms with E-state index in [9.17, 15) is 19.2 Å². The molecule has 0 N–H and O–H groups in total. The summed E-state index contributed by atoms with van der Waals surface area (Å²) in [5, 5.41) is 0. The maximum atomic E-state index is 12.9. The quantitative estimate of drug-likeness (QED) is 0.141. The number of methoxy groups -OCH3 is 2. The maximum Gasteiger partial charge on any atom is 0.337 e. The number of esters is 2. The van der Waals surface area contributed by atoms with Crippen LogP contribution >= 0.6 is 0 Å². The molecule has 0 saturated heterocycles. The van der Waals surface area contributed by atoms with Crippen LogP contribution in [0.15, 0.2) is 132 Å². The van der Waals surface area contributed by atoms with Crippen molar-refractivity contribution in [1.82, 2.24) is 9.47 Å². The number of amides is 1. The van der Waals surface area contributed by atoms with E-state index in [1.807, 2.05) is 91.3 Å². The molecule has 5 aromatic rings. The Balaban J connectivity index is 1.41. The summed E-state index contributed by atoms with van der Waals surface area (Å²) in [6, 6.07) is 33.9.